The fraction of sp³-hybridized carbons (Fsp3) is 1.00. The fourth-order valence-electron chi connectivity index (χ4n) is 4.87. The maximum Gasteiger partial charge on any atom is -0.160 e. The molecule has 0 aliphatic heterocycles. The van der Waals surface area contributed by atoms with Crippen molar-refractivity contribution in [2.45, 2.75) is 211 Å². The largest absolute Gasteiger partial charge is 0.850 e. The Morgan fingerprint density at radius 2 is 0.614 bits per heavy atom. The van der Waals surface area contributed by atoms with E-state index >= 15 is 0 Å². The van der Waals surface area contributed by atoms with Crippen molar-refractivity contribution in [1.82, 2.24) is 0 Å². The summed E-state index contributed by atoms with van der Waals surface area (Å²) in [5, 5.41) is 0. The van der Waals surface area contributed by atoms with E-state index in [-0.39, 0.29) is 0 Å². The summed E-state index contributed by atoms with van der Waals surface area (Å²) >= 11 is 11.8. The van der Waals surface area contributed by atoms with Crippen molar-refractivity contribution >= 4 is 29.7 Å². The van der Waals surface area contributed by atoms with Gasteiger partial charge in [0.1, 0.15) is 0 Å². The van der Waals surface area contributed by atoms with Gasteiger partial charge >= 0.3 is 283 Å². The minimum atomic E-state index is -3.72. The van der Waals surface area contributed by atoms with Crippen molar-refractivity contribution < 1.29 is 64.7 Å². The van der Waals surface area contributed by atoms with Crippen LogP contribution >= 0.6 is 5.69 Å². The van der Waals surface area contributed by atoms with Crippen LogP contribution in [0.3, 0.4) is 0 Å². The van der Waals surface area contributed by atoms with Gasteiger partial charge in [-0.25, -0.2) is 0 Å². The average Bonchev–Trinajstić information content (AvgIpc) is 2.92. The zero-order valence-electron chi connectivity index (χ0n) is 31.5. The van der Waals surface area contributed by atoms with Crippen LogP contribution in [0.25, 0.3) is 0 Å². The summed E-state index contributed by atoms with van der Waals surface area (Å²) in [7, 11) is 0. The normalized spacial score (nSPS) is 13.5. The molecule has 44 heavy (non-hydrogen) atoms. The number of rotatable bonds is 24. The Labute approximate surface area is 320 Å². The van der Waals surface area contributed by atoms with Gasteiger partial charge in [-0.05, 0) is 0 Å². The molecular formula is C36H75O2PS2Zn3. The molecular weight excluding hydrogens is 756 g/mol. The summed E-state index contributed by atoms with van der Waals surface area (Å²) < 4.78 is 3.27. The number of hydrogen-bond acceptors (Lipinski definition) is 4. The zero-order chi connectivity index (χ0) is 34.8. The van der Waals surface area contributed by atoms with E-state index in [1.807, 2.05) is 0 Å². The van der Waals surface area contributed by atoms with Crippen LogP contribution in [0.1, 0.15) is 197 Å². The molecule has 0 aromatic rings. The predicted molar refractivity (Wildman–Crippen MR) is 191 cm³/mol. The average molecular weight is 831 g/mol. The molecule has 3 unspecified atom stereocenters. The topological polar surface area (TPSA) is 46.1 Å². The van der Waals surface area contributed by atoms with Crippen LogP contribution in [0, 0.1) is 17.8 Å². The van der Waals surface area contributed by atoms with Crippen molar-refractivity contribution in [2.75, 3.05) is 0 Å². The smallest absolute Gasteiger partial charge is 0.160 e. The molecule has 0 aromatic carbocycles. The predicted octanol–water partition coefficient (Wildman–Crippen LogP) is 12.7. The Bertz CT molecular complexity index is 508. The maximum atomic E-state index is 9.29. The molecule has 0 amide bonds. The second kappa shape index (κ2) is 40.2. The van der Waals surface area contributed by atoms with E-state index in [2.05, 4.69) is 86.4 Å². The van der Waals surface area contributed by atoms with Crippen molar-refractivity contribution in [3.05, 3.63) is 0 Å². The van der Waals surface area contributed by atoms with Gasteiger partial charge in [0.2, 0.25) is 0 Å². The van der Waals surface area contributed by atoms with E-state index < -0.39 is 5.69 Å². The second-order valence-electron chi connectivity index (χ2n) is 14.5. The fourth-order valence-corrected chi connectivity index (χ4v) is 8.50. The molecule has 0 saturated heterocycles. The molecule has 8 heteroatoms. The van der Waals surface area contributed by atoms with Crippen LogP contribution in [-0.2, 0) is 79.0 Å². The Morgan fingerprint density at radius 3 is 0.773 bits per heavy atom. The first kappa shape index (κ1) is 53.6. The molecule has 2 nitrogen and oxygen atoms in total. The summed E-state index contributed by atoms with van der Waals surface area (Å²) in [6.45, 7) is 20.9. The van der Waals surface area contributed by atoms with Crippen LogP contribution in [0.15, 0.2) is 0 Å². The molecule has 0 heterocycles. The number of hydrogen-bond donors (Lipinski definition) is 0. The van der Waals surface area contributed by atoms with Gasteiger partial charge < -0.3 is 27.7 Å². The van der Waals surface area contributed by atoms with Gasteiger partial charge in [0.05, 0.1) is 0 Å². The van der Waals surface area contributed by atoms with Crippen LogP contribution < -0.4 is 9.79 Å². The Kier molecular flexibility index (Phi) is 49.0. The first-order valence-corrected chi connectivity index (χ1v) is 27.5. The zero-order valence-corrected chi connectivity index (χ0v) is 42.9. The summed E-state index contributed by atoms with van der Waals surface area (Å²) in [4.78, 5) is 18.6. The van der Waals surface area contributed by atoms with Crippen molar-refractivity contribution in [1.29, 1.82) is 0 Å². The third kappa shape index (κ3) is 67.1. The van der Waals surface area contributed by atoms with Crippen LogP contribution in [0.2, 0.25) is 13.5 Å². The van der Waals surface area contributed by atoms with Crippen LogP contribution in [0.4, 0.5) is 0 Å². The van der Waals surface area contributed by atoms with Crippen molar-refractivity contribution in [3.8, 4) is 0 Å². The molecule has 0 radical (unpaired) electrons. The molecule has 0 bridgehead atoms. The minimum absolute atomic E-state index is 0.905. The first-order chi connectivity index (χ1) is 20.5. The van der Waals surface area contributed by atoms with E-state index in [0.717, 1.165) is 31.3 Å². The summed E-state index contributed by atoms with van der Waals surface area (Å²) in [5.41, 5.74) is -3.72. The minimum Gasteiger partial charge on any atom is -0.850 e. The molecule has 0 saturated carbocycles. The van der Waals surface area contributed by atoms with Crippen molar-refractivity contribution in [3.63, 3.8) is 0 Å². The summed E-state index contributed by atoms with van der Waals surface area (Å²) in [6.07, 6.45) is 30.6. The van der Waals surface area contributed by atoms with Gasteiger partial charge in [-0.15, -0.1) is 0 Å². The Morgan fingerprint density at radius 1 is 0.455 bits per heavy atom. The third-order valence-corrected chi connectivity index (χ3v) is 13.0. The monoisotopic (exact) mass is 826 g/mol. The van der Waals surface area contributed by atoms with Gasteiger partial charge in [-0.3, -0.25) is 0 Å². The Hall–Kier alpha value is 2.79. The van der Waals surface area contributed by atoms with E-state index in [1.165, 1.54) is 190 Å². The number of unbranched alkanes of at least 4 members (excludes halogenated alkanes) is 6. The molecule has 0 aliphatic carbocycles. The van der Waals surface area contributed by atoms with E-state index in [4.69, 9.17) is 0 Å². The second-order valence-corrected chi connectivity index (χ2v) is 26.2. The maximum absolute atomic E-state index is 9.29. The molecule has 0 spiro atoms. The van der Waals surface area contributed by atoms with Crippen LogP contribution in [0.5, 0.6) is 0 Å². The van der Waals surface area contributed by atoms with E-state index in [0.29, 0.717) is 0 Å². The van der Waals surface area contributed by atoms with Gasteiger partial charge in [-0.1, -0.05) is 0 Å². The molecule has 0 aromatic heterocycles. The molecule has 254 valence electrons. The SMILES string of the molecule is CCCC[CH]([Zn+])CCCCC(C)C.CCCC[CH]([Zn+])CCCCC(C)C.CCCC[CH]([Zn+])CCCCC(C)C.[O-]P([O-])(=S)[S-]. The quantitative estimate of drug-likeness (QED) is 0.0421. The molecule has 0 rings (SSSR count). The van der Waals surface area contributed by atoms with Gasteiger partial charge in [0.25, 0.3) is 0 Å². The van der Waals surface area contributed by atoms with Gasteiger partial charge in [0.15, 0.2) is 0 Å². The van der Waals surface area contributed by atoms with Gasteiger partial charge in [0, 0.05) is 0 Å². The van der Waals surface area contributed by atoms with Crippen LogP contribution in [-0.4, -0.2) is 0 Å². The first-order valence-electron chi connectivity index (χ1n) is 18.7. The Balaban J connectivity index is -0.000000253. The third-order valence-electron chi connectivity index (χ3n) is 7.83. The van der Waals surface area contributed by atoms with E-state index in [9.17, 15) is 9.79 Å². The van der Waals surface area contributed by atoms with Gasteiger partial charge in [-0.2, -0.15) is 11.8 Å². The van der Waals surface area contributed by atoms with Crippen molar-refractivity contribution in [2.24, 2.45) is 17.8 Å². The van der Waals surface area contributed by atoms with E-state index in [1.54, 1.807) is 0 Å². The molecule has 0 aliphatic rings. The molecule has 0 N–H and O–H groups in total. The summed E-state index contributed by atoms with van der Waals surface area (Å²) in [5.74, 6) is 2.71. The summed E-state index contributed by atoms with van der Waals surface area (Å²) in [6, 6.07) is 0. The molecule has 3 atom stereocenters. The standard InChI is InChI=1S/3C12H25.H3O2PS2.3Zn/c3*1-4-5-6-7-8-9-10-11-12(2)3;1-3(2,4)5;;;/h3*7,12H,4-6,8-11H2,1-3H3;(H3,1,2,4,5);;;/q;;;;3*+1/p-3. The molecule has 0 fully saturated rings.